The summed E-state index contributed by atoms with van der Waals surface area (Å²) in [6.07, 6.45) is 0. The van der Waals surface area contributed by atoms with Crippen LogP contribution in [0.2, 0.25) is 0 Å². The van der Waals surface area contributed by atoms with E-state index in [-0.39, 0.29) is 6.04 Å². The minimum absolute atomic E-state index is 0.00739. The van der Waals surface area contributed by atoms with Crippen LogP contribution in [-0.2, 0) is 0 Å². The van der Waals surface area contributed by atoms with Crippen molar-refractivity contribution in [3.8, 4) is 11.6 Å². The molecule has 0 spiro atoms. The summed E-state index contributed by atoms with van der Waals surface area (Å²) in [5, 5.41) is 6.84. The summed E-state index contributed by atoms with van der Waals surface area (Å²) in [6, 6.07) is 7.63. The van der Waals surface area contributed by atoms with E-state index < -0.39 is 0 Å². The second kappa shape index (κ2) is 4.89. The van der Waals surface area contributed by atoms with Gasteiger partial charge < -0.3 is 10.5 Å². The lowest BCUT2D eigenvalue weighted by Gasteiger charge is -2.09. The number of benzene rings is 1. The minimum atomic E-state index is 0.00739. The maximum absolute atomic E-state index is 5.81. The zero-order chi connectivity index (χ0) is 12.4. The fourth-order valence-electron chi connectivity index (χ4n) is 1.44. The van der Waals surface area contributed by atoms with Gasteiger partial charge in [0.1, 0.15) is 5.75 Å². The summed E-state index contributed by atoms with van der Waals surface area (Å²) in [4.78, 5) is 0. The van der Waals surface area contributed by atoms with Crippen LogP contribution in [-0.4, -0.2) is 10.2 Å². The zero-order valence-electron chi connectivity index (χ0n) is 9.70. The number of hydrogen-bond donors (Lipinski definition) is 2. The first-order valence-electron chi connectivity index (χ1n) is 5.31. The normalized spacial score (nSPS) is 12.5. The SMILES string of the molecule is Cc1cc(Oc2ccc([C@H](C)N)cc2Br)n[nH]1. The number of ether oxygens (including phenoxy) is 1. The van der Waals surface area contributed by atoms with E-state index in [0.717, 1.165) is 21.5 Å². The van der Waals surface area contributed by atoms with Crippen LogP contribution in [0.1, 0.15) is 24.2 Å². The largest absolute Gasteiger partial charge is 0.436 e. The number of halogens is 1. The molecule has 0 radical (unpaired) electrons. The topological polar surface area (TPSA) is 63.9 Å². The van der Waals surface area contributed by atoms with Crippen molar-refractivity contribution in [1.29, 1.82) is 0 Å². The summed E-state index contributed by atoms with van der Waals surface area (Å²) in [7, 11) is 0. The van der Waals surface area contributed by atoms with Crippen LogP contribution in [0.15, 0.2) is 28.7 Å². The third kappa shape index (κ3) is 2.87. The molecular formula is C12H14BrN3O. The van der Waals surface area contributed by atoms with Crippen LogP contribution in [0, 0.1) is 6.92 Å². The predicted molar refractivity (Wildman–Crippen MR) is 70.1 cm³/mol. The zero-order valence-corrected chi connectivity index (χ0v) is 11.3. The lowest BCUT2D eigenvalue weighted by molar-refractivity contribution is 0.458. The molecule has 17 heavy (non-hydrogen) atoms. The Labute approximate surface area is 108 Å². The molecule has 90 valence electrons. The van der Waals surface area contributed by atoms with E-state index in [1.54, 1.807) is 0 Å². The Morgan fingerprint density at radius 2 is 2.18 bits per heavy atom. The van der Waals surface area contributed by atoms with Crippen LogP contribution in [0.25, 0.3) is 0 Å². The summed E-state index contributed by atoms with van der Waals surface area (Å²) in [6.45, 7) is 3.87. The molecule has 0 aliphatic carbocycles. The van der Waals surface area contributed by atoms with Crippen LogP contribution in [0.5, 0.6) is 11.6 Å². The molecule has 1 aromatic carbocycles. The molecule has 4 nitrogen and oxygen atoms in total. The second-order valence-corrected chi connectivity index (χ2v) is 4.82. The number of nitrogens with zero attached hydrogens (tertiary/aromatic N) is 1. The number of nitrogens with two attached hydrogens (primary N) is 1. The van der Waals surface area contributed by atoms with Crippen molar-refractivity contribution in [2.24, 2.45) is 5.73 Å². The average Bonchev–Trinajstić information content (AvgIpc) is 2.67. The monoisotopic (exact) mass is 295 g/mol. The van der Waals surface area contributed by atoms with Crippen LogP contribution in [0.3, 0.4) is 0 Å². The first-order valence-corrected chi connectivity index (χ1v) is 6.10. The van der Waals surface area contributed by atoms with E-state index in [0.29, 0.717) is 5.88 Å². The Balaban J connectivity index is 2.22. The fraction of sp³-hybridized carbons (Fsp3) is 0.250. The summed E-state index contributed by atoms with van der Waals surface area (Å²) < 4.78 is 6.50. The standard InChI is InChI=1S/C12H14BrN3O/c1-7-5-12(16-15-7)17-11-4-3-9(8(2)14)6-10(11)13/h3-6,8H,14H2,1-2H3,(H,15,16)/t8-/m0/s1. The molecule has 0 fully saturated rings. The third-order valence-electron chi connectivity index (χ3n) is 2.38. The van der Waals surface area contributed by atoms with Crippen molar-refractivity contribution in [2.75, 3.05) is 0 Å². The van der Waals surface area contributed by atoms with Crippen molar-refractivity contribution in [2.45, 2.75) is 19.9 Å². The van der Waals surface area contributed by atoms with E-state index in [1.165, 1.54) is 0 Å². The Bertz CT molecular complexity index is 522. The molecule has 0 aliphatic heterocycles. The van der Waals surface area contributed by atoms with Gasteiger partial charge >= 0.3 is 0 Å². The maximum Gasteiger partial charge on any atom is 0.238 e. The fourth-order valence-corrected chi connectivity index (χ4v) is 1.92. The molecule has 5 heteroatoms. The maximum atomic E-state index is 5.81. The Kier molecular flexibility index (Phi) is 3.49. The third-order valence-corrected chi connectivity index (χ3v) is 3.00. The van der Waals surface area contributed by atoms with Gasteiger partial charge in [0.05, 0.1) is 4.47 Å². The second-order valence-electron chi connectivity index (χ2n) is 3.97. The van der Waals surface area contributed by atoms with Gasteiger partial charge in [-0.25, -0.2) is 0 Å². The smallest absolute Gasteiger partial charge is 0.238 e. The number of nitrogens with one attached hydrogen (secondary N) is 1. The van der Waals surface area contributed by atoms with E-state index in [4.69, 9.17) is 10.5 Å². The number of H-pyrrole nitrogens is 1. The Morgan fingerprint density at radius 3 is 2.71 bits per heavy atom. The highest BCUT2D eigenvalue weighted by molar-refractivity contribution is 9.10. The van der Waals surface area contributed by atoms with Gasteiger partial charge in [0.2, 0.25) is 5.88 Å². The van der Waals surface area contributed by atoms with Crippen LogP contribution in [0.4, 0.5) is 0 Å². The molecule has 1 aromatic heterocycles. The average molecular weight is 296 g/mol. The van der Waals surface area contributed by atoms with Gasteiger partial charge in [-0.2, -0.15) is 0 Å². The number of hydrogen-bond acceptors (Lipinski definition) is 3. The molecule has 1 atom stereocenters. The number of aryl methyl sites for hydroxylation is 1. The first kappa shape index (κ1) is 12.1. The molecular weight excluding hydrogens is 282 g/mol. The highest BCUT2D eigenvalue weighted by Gasteiger charge is 2.07. The van der Waals surface area contributed by atoms with E-state index in [2.05, 4.69) is 26.1 Å². The van der Waals surface area contributed by atoms with Crippen molar-refractivity contribution in [3.63, 3.8) is 0 Å². The van der Waals surface area contributed by atoms with E-state index in [1.807, 2.05) is 38.1 Å². The van der Waals surface area contributed by atoms with Crippen molar-refractivity contribution in [1.82, 2.24) is 10.2 Å². The number of aromatic amines is 1. The molecule has 0 amide bonds. The lowest BCUT2D eigenvalue weighted by atomic mass is 10.1. The predicted octanol–water partition coefficient (Wildman–Crippen LogP) is 3.29. The summed E-state index contributed by atoms with van der Waals surface area (Å²) in [5.74, 6) is 1.28. The molecule has 2 rings (SSSR count). The molecule has 2 aromatic rings. The number of aromatic nitrogens is 2. The molecule has 0 unspecified atom stereocenters. The van der Waals surface area contributed by atoms with Crippen molar-refractivity contribution in [3.05, 3.63) is 40.0 Å². The highest BCUT2D eigenvalue weighted by atomic mass is 79.9. The van der Waals surface area contributed by atoms with Crippen LogP contribution >= 0.6 is 15.9 Å². The molecule has 0 saturated carbocycles. The molecule has 0 aliphatic rings. The molecule has 0 bridgehead atoms. The molecule has 0 saturated heterocycles. The van der Waals surface area contributed by atoms with E-state index in [9.17, 15) is 0 Å². The van der Waals surface area contributed by atoms with Gasteiger partial charge in [0.25, 0.3) is 0 Å². The first-order chi connectivity index (χ1) is 8.06. The van der Waals surface area contributed by atoms with Gasteiger partial charge in [-0.3, -0.25) is 5.10 Å². The Morgan fingerprint density at radius 1 is 1.41 bits per heavy atom. The van der Waals surface area contributed by atoms with Crippen molar-refractivity contribution >= 4 is 15.9 Å². The molecule has 3 N–H and O–H groups in total. The quantitative estimate of drug-likeness (QED) is 0.913. The van der Waals surface area contributed by atoms with Gasteiger partial charge in [-0.1, -0.05) is 6.07 Å². The van der Waals surface area contributed by atoms with Gasteiger partial charge in [0.15, 0.2) is 0 Å². The van der Waals surface area contributed by atoms with Crippen molar-refractivity contribution < 1.29 is 4.74 Å². The van der Waals surface area contributed by atoms with Gasteiger partial charge in [-0.15, -0.1) is 5.10 Å². The lowest BCUT2D eigenvalue weighted by Crippen LogP contribution is -2.04. The van der Waals surface area contributed by atoms with Gasteiger partial charge in [0, 0.05) is 17.8 Å². The Hall–Kier alpha value is -1.33. The summed E-state index contributed by atoms with van der Waals surface area (Å²) >= 11 is 3.46. The number of rotatable bonds is 3. The van der Waals surface area contributed by atoms with Crippen LogP contribution < -0.4 is 10.5 Å². The summed E-state index contributed by atoms with van der Waals surface area (Å²) in [5.41, 5.74) is 7.83. The van der Waals surface area contributed by atoms with Gasteiger partial charge in [-0.05, 0) is 47.5 Å². The molecule has 1 heterocycles. The minimum Gasteiger partial charge on any atom is -0.436 e. The highest BCUT2D eigenvalue weighted by Crippen LogP contribution is 2.31. The van der Waals surface area contributed by atoms with E-state index >= 15 is 0 Å².